The largest absolute Gasteiger partial charge is 2.00 e. The van der Waals surface area contributed by atoms with Gasteiger partial charge in [0, 0.05) is 11.5 Å². The standard InChI is InChI=1S/2C4H9NO2S.Sn/c2*1-2-3-8-5-4(6)7;/h2*5H,2-3H2,1H3,(H,6,7);/q;;+2/p-2. The summed E-state index contributed by atoms with van der Waals surface area (Å²) in [5.41, 5.74) is 0. The summed E-state index contributed by atoms with van der Waals surface area (Å²) in [6.07, 6.45) is -0.512. The first kappa shape index (κ1) is 22.2. The Hall–Kier alpha value is 0.0387. The molecule has 0 aliphatic carbocycles. The normalized spacial score (nSPS) is 8.12. The van der Waals surface area contributed by atoms with Crippen LogP contribution >= 0.6 is 23.9 Å². The van der Waals surface area contributed by atoms with E-state index < -0.39 is 12.2 Å². The predicted molar refractivity (Wildman–Crippen MR) is 68.3 cm³/mol. The summed E-state index contributed by atoms with van der Waals surface area (Å²) in [6.45, 7) is 3.95. The van der Waals surface area contributed by atoms with Crippen molar-refractivity contribution in [3.8, 4) is 0 Å². The van der Waals surface area contributed by atoms with Gasteiger partial charge in [0.25, 0.3) is 0 Å². The maximum Gasteiger partial charge on any atom is 2.00 e. The Bertz CT molecular complexity index is 178. The first-order valence-electron chi connectivity index (χ1n) is 4.72. The van der Waals surface area contributed by atoms with Gasteiger partial charge in [0.1, 0.15) is 12.2 Å². The average Bonchev–Trinajstić information content (AvgIpc) is 2.18. The first-order chi connectivity index (χ1) is 7.54. The molecule has 17 heavy (non-hydrogen) atoms. The minimum Gasteiger partial charge on any atom is -0.529 e. The van der Waals surface area contributed by atoms with Gasteiger partial charge in [-0.1, -0.05) is 37.7 Å². The van der Waals surface area contributed by atoms with Crippen LogP contribution in [0, 0.1) is 0 Å². The molecule has 0 bridgehead atoms. The Morgan fingerprint density at radius 2 is 1.24 bits per heavy atom. The van der Waals surface area contributed by atoms with Gasteiger partial charge in [-0.3, -0.25) is 0 Å². The Morgan fingerprint density at radius 3 is 1.41 bits per heavy atom. The van der Waals surface area contributed by atoms with Gasteiger partial charge in [0.2, 0.25) is 0 Å². The molecule has 0 aliphatic rings. The molecule has 0 atom stereocenters. The molecule has 0 aromatic heterocycles. The van der Waals surface area contributed by atoms with Gasteiger partial charge in [-0.2, -0.15) is 0 Å². The van der Waals surface area contributed by atoms with Crippen LogP contribution in [0.4, 0.5) is 9.59 Å². The molecule has 0 heterocycles. The number of hydrogen-bond acceptors (Lipinski definition) is 6. The van der Waals surface area contributed by atoms with E-state index in [4.69, 9.17) is 0 Å². The fourth-order valence-electron chi connectivity index (χ4n) is 0.424. The van der Waals surface area contributed by atoms with Crippen molar-refractivity contribution in [2.75, 3.05) is 11.5 Å². The molecule has 2 amide bonds. The zero-order valence-corrected chi connectivity index (χ0v) is 14.3. The maximum absolute atomic E-state index is 9.63. The van der Waals surface area contributed by atoms with Crippen molar-refractivity contribution >= 4 is 60.0 Å². The van der Waals surface area contributed by atoms with Crippen molar-refractivity contribution in [2.24, 2.45) is 0 Å². The van der Waals surface area contributed by atoms with Crippen molar-refractivity contribution in [2.45, 2.75) is 26.7 Å². The Labute approximate surface area is 127 Å². The summed E-state index contributed by atoms with van der Waals surface area (Å²) < 4.78 is 4.14. The first-order valence-corrected chi connectivity index (χ1v) is 6.69. The summed E-state index contributed by atoms with van der Waals surface area (Å²) >= 11 is 2.30. The van der Waals surface area contributed by atoms with E-state index in [1.807, 2.05) is 13.8 Å². The molecule has 0 unspecified atom stereocenters. The number of carbonyl (C=O) groups is 2. The topological polar surface area (TPSA) is 104 Å². The number of rotatable bonds is 6. The van der Waals surface area contributed by atoms with E-state index in [0.717, 1.165) is 48.2 Å². The van der Waals surface area contributed by atoms with E-state index in [-0.39, 0.29) is 23.9 Å². The number of nitrogens with one attached hydrogen (secondary N) is 2. The molecule has 6 nitrogen and oxygen atoms in total. The van der Waals surface area contributed by atoms with Gasteiger partial charge in [-0.15, -0.1) is 0 Å². The summed E-state index contributed by atoms with van der Waals surface area (Å²) in [7, 11) is 0. The zero-order chi connectivity index (χ0) is 12.8. The molecule has 98 valence electrons. The summed E-state index contributed by atoms with van der Waals surface area (Å²) in [5.74, 6) is 1.60. The minimum atomic E-state index is -1.22. The second kappa shape index (κ2) is 18.4. The Balaban J connectivity index is -0.000000218. The number of carboxylic acid groups (broad SMARTS) is 2. The van der Waals surface area contributed by atoms with Crippen LogP contribution in [0.3, 0.4) is 0 Å². The molecule has 0 rings (SSSR count). The average molecular weight is 387 g/mol. The third-order valence-corrected chi connectivity index (χ3v) is 2.77. The maximum atomic E-state index is 9.63. The Kier molecular flexibility index (Phi) is 24.1. The Morgan fingerprint density at radius 1 is 0.941 bits per heavy atom. The van der Waals surface area contributed by atoms with Crippen LogP contribution in [0.5, 0.6) is 0 Å². The van der Waals surface area contributed by atoms with Crippen LogP contribution in [-0.2, 0) is 0 Å². The van der Waals surface area contributed by atoms with Crippen LogP contribution in [0.2, 0.25) is 0 Å². The fraction of sp³-hybridized carbons (Fsp3) is 0.750. The van der Waals surface area contributed by atoms with Gasteiger partial charge < -0.3 is 29.2 Å². The van der Waals surface area contributed by atoms with E-state index in [2.05, 4.69) is 9.44 Å². The van der Waals surface area contributed by atoms with E-state index in [0.29, 0.717) is 0 Å². The zero-order valence-electron chi connectivity index (χ0n) is 9.78. The summed E-state index contributed by atoms with van der Waals surface area (Å²) in [4.78, 5) is 19.3. The van der Waals surface area contributed by atoms with Gasteiger partial charge in [-0.25, -0.2) is 0 Å². The molecule has 9 heteroatoms. The van der Waals surface area contributed by atoms with Crippen LogP contribution in [0.25, 0.3) is 0 Å². The van der Waals surface area contributed by atoms with Crippen molar-refractivity contribution in [3.63, 3.8) is 0 Å². The van der Waals surface area contributed by atoms with Crippen molar-refractivity contribution in [1.29, 1.82) is 0 Å². The second-order valence-electron chi connectivity index (χ2n) is 2.48. The molecule has 0 aliphatic heterocycles. The summed E-state index contributed by atoms with van der Waals surface area (Å²) in [6, 6.07) is 0. The third kappa shape index (κ3) is 31.4. The van der Waals surface area contributed by atoms with Crippen molar-refractivity contribution < 1.29 is 19.8 Å². The third-order valence-electron chi connectivity index (χ3n) is 0.923. The molecule has 2 N–H and O–H groups in total. The van der Waals surface area contributed by atoms with E-state index in [9.17, 15) is 19.8 Å². The predicted octanol–water partition coefficient (Wildman–Crippen LogP) is -0.426. The van der Waals surface area contributed by atoms with Gasteiger partial charge in [-0.05, 0) is 12.8 Å². The van der Waals surface area contributed by atoms with Gasteiger partial charge in [0.05, 0.1) is 0 Å². The molecule has 0 saturated carbocycles. The number of hydrogen-bond donors (Lipinski definition) is 2. The summed E-state index contributed by atoms with van der Waals surface area (Å²) in [5, 5.41) is 19.3. The molecule has 0 saturated heterocycles. The van der Waals surface area contributed by atoms with Gasteiger partial charge in [0.15, 0.2) is 0 Å². The number of carbonyl (C=O) groups excluding carboxylic acids is 2. The number of amides is 2. The minimum absolute atomic E-state index is 0. The molecule has 0 spiro atoms. The van der Waals surface area contributed by atoms with Gasteiger partial charge >= 0.3 is 23.9 Å². The SMILES string of the molecule is CCCSNC(=O)[O-].CCCSNC(=O)[O-].[Sn+2]. The van der Waals surface area contributed by atoms with E-state index in [1.54, 1.807) is 0 Å². The van der Waals surface area contributed by atoms with E-state index in [1.165, 1.54) is 0 Å². The molecule has 0 aromatic carbocycles. The molecular weight excluding hydrogens is 371 g/mol. The molecule has 0 fully saturated rings. The quantitative estimate of drug-likeness (QED) is 0.364. The smallest absolute Gasteiger partial charge is 0.529 e. The van der Waals surface area contributed by atoms with Crippen molar-refractivity contribution in [1.82, 2.24) is 9.44 Å². The van der Waals surface area contributed by atoms with Crippen molar-refractivity contribution in [3.05, 3.63) is 0 Å². The van der Waals surface area contributed by atoms with Crippen LogP contribution < -0.4 is 19.7 Å². The second-order valence-corrected chi connectivity index (χ2v) is 4.28. The fourth-order valence-corrected chi connectivity index (χ4v) is 1.27. The molecule has 0 aromatic rings. The molecular formula is C8H16N2O4S2Sn. The van der Waals surface area contributed by atoms with Crippen LogP contribution in [0.1, 0.15) is 26.7 Å². The molecule has 2 radical (unpaired) electrons. The van der Waals surface area contributed by atoms with Crippen LogP contribution in [0.15, 0.2) is 0 Å². The van der Waals surface area contributed by atoms with E-state index >= 15 is 0 Å². The van der Waals surface area contributed by atoms with Crippen LogP contribution in [-0.4, -0.2) is 47.6 Å². The monoisotopic (exact) mass is 388 g/mol.